The summed E-state index contributed by atoms with van der Waals surface area (Å²) in [6.45, 7) is 3.76. The first-order valence-electron chi connectivity index (χ1n) is 12.5. The fraction of sp³-hybridized carbons (Fsp3) is 0.520. The number of carboxylic acid groups (broad SMARTS) is 2. The Morgan fingerprint density at radius 2 is 1.50 bits per heavy atom. The van der Waals surface area contributed by atoms with Gasteiger partial charge in [0.25, 0.3) is 5.91 Å². The number of hydrogen-bond donors (Lipinski definition) is 7. The molecule has 0 aromatic heterocycles. The van der Waals surface area contributed by atoms with Gasteiger partial charge in [0.1, 0.15) is 31.3 Å². The highest BCUT2D eigenvalue weighted by Gasteiger charge is 2.34. The van der Waals surface area contributed by atoms with Crippen molar-refractivity contribution in [2.24, 2.45) is 11.8 Å². The molecule has 0 aliphatic carbocycles. The molecule has 0 fully saturated rings. The van der Waals surface area contributed by atoms with Gasteiger partial charge in [0.2, 0.25) is 11.8 Å². The van der Waals surface area contributed by atoms with Crippen LogP contribution in [0.5, 0.6) is 0 Å². The minimum atomic E-state index is -1.70. The molecule has 8 N–H and O–H groups in total. The maximum atomic E-state index is 13.1. The first-order valence-corrected chi connectivity index (χ1v) is 12.5. The van der Waals surface area contributed by atoms with Crippen molar-refractivity contribution in [3.8, 4) is 0 Å². The summed E-state index contributed by atoms with van der Waals surface area (Å²) in [6, 6.07) is 4.46. The van der Waals surface area contributed by atoms with Crippen LogP contribution in [0.15, 0.2) is 30.3 Å². The molecular formula is C25H37N5O10. The third kappa shape index (κ3) is 12.5. The number of nitrogens with one attached hydrogen (secondary N) is 3. The van der Waals surface area contributed by atoms with Crippen LogP contribution in [0.2, 0.25) is 0 Å². The highest BCUT2D eigenvalue weighted by Crippen LogP contribution is 2.09. The summed E-state index contributed by atoms with van der Waals surface area (Å²) in [5.41, 5.74) is 0.717. The van der Waals surface area contributed by atoms with Gasteiger partial charge in [0.15, 0.2) is 0 Å². The van der Waals surface area contributed by atoms with E-state index in [1.165, 1.54) is 0 Å². The van der Waals surface area contributed by atoms with E-state index in [4.69, 9.17) is 20.8 Å². The summed E-state index contributed by atoms with van der Waals surface area (Å²) in [6.07, 6.45) is -3.22. The van der Waals surface area contributed by atoms with E-state index in [9.17, 15) is 33.9 Å². The fourth-order valence-electron chi connectivity index (χ4n) is 3.46. The average Bonchev–Trinajstić information content (AvgIpc) is 2.87. The summed E-state index contributed by atoms with van der Waals surface area (Å²) in [5, 5.41) is 35.3. The van der Waals surface area contributed by atoms with Crippen LogP contribution >= 0.6 is 0 Å². The molecule has 4 amide bonds. The monoisotopic (exact) mass is 567 g/mol. The van der Waals surface area contributed by atoms with Gasteiger partial charge in [-0.1, -0.05) is 44.2 Å². The first kappa shape index (κ1) is 33.8. The van der Waals surface area contributed by atoms with Crippen LogP contribution in [0.4, 0.5) is 4.79 Å². The van der Waals surface area contributed by atoms with Crippen LogP contribution in [0.1, 0.15) is 45.6 Å². The molecule has 0 spiro atoms. The number of nitrogens with zero attached hydrogens (tertiary/aromatic N) is 1. The number of carbonyl (C=O) groups excluding carboxylic acids is 4. The normalized spacial score (nSPS) is 13.8. The zero-order valence-corrected chi connectivity index (χ0v) is 22.5. The van der Waals surface area contributed by atoms with Gasteiger partial charge in [-0.3, -0.25) is 29.0 Å². The van der Waals surface area contributed by atoms with Gasteiger partial charge in [0.05, 0.1) is 6.10 Å². The number of hydrogen-bond acceptors (Lipinski definition) is 9. The number of aliphatic hydroxyl groups excluding tert-OH is 1. The molecule has 15 heteroatoms. The lowest BCUT2D eigenvalue weighted by Gasteiger charge is -2.28. The van der Waals surface area contributed by atoms with Crippen LogP contribution in [0.3, 0.4) is 0 Å². The standard InChI is InChI=1S/C25H37N5O10/c1-14(2)11-18(28-25(39)40-13-16-7-5-4-6-8-16)23(37)27-17(9-10-19(32)33)22(36)29-21(15(3)31)24(38)30(26)12-20(34)35/h4-8,14-15,17-18,21,31H,9-13,26H2,1-3H3,(H,27,37)(H,28,39)(H,29,36)(H,32,33)(H,34,35)/t15-,17+,18+,21+/m1/s1. The fourth-order valence-corrected chi connectivity index (χ4v) is 3.46. The SMILES string of the molecule is CC(C)C[C@H](NC(=O)OCc1ccccc1)C(=O)N[C@@H](CCC(=O)O)C(=O)N[C@H](C(=O)N(N)CC(=O)O)[C@@H](C)O. The number of carbonyl (C=O) groups is 6. The minimum Gasteiger partial charge on any atom is -0.481 e. The second-order valence-electron chi connectivity index (χ2n) is 9.47. The van der Waals surface area contributed by atoms with Crippen LogP contribution in [0.25, 0.3) is 0 Å². The Labute approximate surface area is 231 Å². The van der Waals surface area contributed by atoms with E-state index >= 15 is 0 Å². The molecule has 15 nitrogen and oxygen atoms in total. The van der Waals surface area contributed by atoms with Crippen molar-refractivity contribution in [2.75, 3.05) is 6.54 Å². The largest absolute Gasteiger partial charge is 0.481 e. The Hall–Kier alpha value is -4.24. The number of nitrogens with two attached hydrogens (primary N) is 1. The molecule has 1 aromatic rings. The lowest BCUT2D eigenvalue weighted by Crippen LogP contribution is -2.60. The molecule has 0 saturated heterocycles. The summed E-state index contributed by atoms with van der Waals surface area (Å²) in [7, 11) is 0. The number of hydrazine groups is 1. The smallest absolute Gasteiger partial charge is 0.408 e. The Balaban J connectivity index is 3.02. The Morgan fingerprint density at radius 3 is 2.02 bits per heavy atom. The van der Waals surface area contributed by atoms with Crippen LogP contribution in [0, 0.1) is 5.92 Å². The molecule has 0 aliphatic heterocycles. The number of benzene rings is 1. The number of carboxylic acids is 2. The van der Waals surface area contributed by atoms with E-state index < -0.39 is 79.4 Å². The molecule has 1 rings (SSSR count). The number of amides is 4. The van der Waals surface area contributed by atoms with E-state index in [2.05, 4.69) is 16.0 Å². The van der Waals surface area contributed by atoms with E-state index in [0.29, 0.717) is 0 Å². The number of rotatable bonds is 16. The maximum absolute atomic E-state index is 13.1. The van der Waals surface area contributed by atoms with E-state index in [0.717, 1.165) is 12.5 Å². The summed E-state index contributed by atoms with van der Waals surface area (Å²) < 4.78 is 5.17. The van der Waals surface area contributed by atoms with Crippen molar-refractivity contribution in [3.63, 3.8) is 0 Å². The van der Waals surface area contributed by atoms with Crippen molar-refractivity contribution in [1.82, 2.24) is 21.0 Å². The number of aliphatic hydroxyl groups is 1. The highest BCUT2D eigenvalue weighted by atomic mass is 16.5. The third-order valence-electron chi connectivity index (χ3n) is 5.44. The number of alkyl carbamates (subject to hydrolysis) is 1. The van der Waals surface area contributed by atoms with Gasteiger partial charge in [-0.25, -0.2) is 10.6 Å². The van der Waals surface area contributed by atoms with Gasteiger partial charge in [-0.15, -0.1) is 0 Å². The Kier molecular flexibility index (Phi) is 14.1. The van der Waals surface area contributed by atoms with Gasteiger partial charge >= 0.3 is 18.0 Å². The van der Waals surface area contributed by atoms with Gasteiger partial charge in [-0.2, -0.15) is 0 Å². The second-order valence-corrected chi connectivity index (χ2v) is 9.47. The van der Waals surface area contributed by atoms with Gasteiger partial charge < -0.3 is 36.0 Å². The molecular weight excluding hydrogens is 530 g/mol. The lowest BCUT2D eigenvalue weighted by atomic mass is 10.0. The molecule has 0 unspecified atom stereocenters. The van der Waals surface area contributed by atoms with Crippen molar-refractivity contribution >= 4 is 35.8 Å². The minimum absolute atomic E-state index is 0.0544. The predicted molar refractivity (Wildman–Crippen MR) is 139 cm³/mol. The summed E-state index contributed by atoms with van der Waals surface area (Å²) in [4.78, 5) is 73.1. The van der Waals surface area contributed by atoms with Crippen molar-refractivity contribution in [2.45, 2.75) is 70.9 Å². The Bertz CT molecular complexity index is 1030. The average molecular weight is 568 g/mol. The summed E-state index contributed by atoms with van der Waals surface area (Å²) in [5.74, 6) is -0.357. The van der Waals surface area contributed by atoms with Crippen molar-refractivity contribution in [3.05, 3.63) is 35.9 Å². The lowest BCUT2D eigenvalue weighted by molar-refractivity contribution is -0.147. The van der Waals surface area contributed by atoms with E-state index in [1.54, 1.807) is 44.2 Å². The van der Waals surface area contributed by atoms with Crippen LogP contribution in [-0.2, 0) is 35.3 Å². The Morgan fingerprint density at radius 1 is 0.900 bits per heavy atom. The van der Waals surface area contributed by atoms with Crippen molar-refractivity contribution in [1.29, 1.82) is 0 Å². The molecule has 0 aliphatic rings. The summed E-state index contributed by atoms with van der Waals surface area (Å²) >= 11 is 0. The molecule has 222 valence electrons. The number of aliphatic carboxylic acids is 2. The van der Waals surface area contributed by atoms with Gasteiger partial charge in [-0.05, 0) is 31.2 Å². The van der Waals surface area contributed by atoms with Crippen LogP contribution in [-0.4, -0.2) is 86.9 Å². The molecule has 0 radical (unpaired) electrons. The number of ether oxygens (including phenoxy) is 1. The van der Waals surface area contributed by atoms with Crippen molar-refractivity contribution < 1.29 is 48.8 Å². The maximum Gasteiger partial charge on any atom is 0.408 e. The van der Waals surface area contributed by atoms with E-state index in [1.807, 2.05) is 0 Å². The molecule has 0 saturated carbocycles. The molecule has 1 aromatic carbocycles. The molecule has 0 heterocycles. The van der Waals surface area contributed by atoms with Crippen LogP contribution < -0.4 is 21.8 Å². The van der Waals surface area contributed by atoms with Gasteiger partial charge in [0, 0.05) is 6.42 Å². The zero-order valence-electron chi connectivity index (χ0n) is 22.5. The highest BCUT2D eigenvalue weighted by molar-refractivity contribution is 5.94. The third-order valence-corrected chi connectivity index (χ3v) is 5.44. The first-order chi connectivity index (χ1) is 18.7. The molecule has 0 bridgehead atoms. The molecule has 4 atom stereocenters. The topological polar surface area (TPSA) is 238 Å². The zero-order chi connectivity index (χ0) is 30.4. The van der Waals surface area contributed by atoms with E-state index in [-0.39, 0.29) is 24.0 Å². The predicted octanol–water partition coefficient (Wildman–Crippen LogP) is -0.670. The second kappa shape index (κ2) is 16.7. The molecule has 40 heavy (non-hydrogen) atoms. The quantitative estimate of drug-likeness (QED) is 0.0751.